The van der Waals surface area contributed by atoms with Crippen molar-refractivity contribution in [2.45, 2.75) is 0 Å². The van der Waals surface area contributed by atoms with Crippen LogP contribution in [-0.2, 0) is 13.9 Å². The number of hydrogen-bond donors (Lipinski definition) is 1. The second kappa shape index (κ2) is 5.14. The fraction of sp³-hybridized carbons (Fsp3) is 0. The molecule has 1 amide bonds. The first kappa shape index (κ1) is 10.4. The summed E-state index contributed by atoms with van der Waals surface area (Å²) in [5, 5.41) is 0. The van der Waals surface area contributed by atoms with Crippen LogP contribution in [0.25, 0.3) is 6.08 Å². The van der Waals surface area contributed by atoms with Crippen molar-refractivity contribution in [3.63, 3.8) is 0 Å². The lowest BCUT2D eigenvalue weighted by Crippen LogP contribution is -2.13. The molecular formula is C9H8NO3P. The highest BCUT2D eigenvalue weighted by atomic mass is 31.1. The summed E-state index contributed by atoms with van der Waals surface area (Å²) < 4.78 is 14.6. The summed E-state index contributed by atoms with van der Waals surface area (Å²) in [6.07, 6.45) is 1.42. The molecule has 0 fully saturated rings. The van der Waals surface area contributed by atoms with E-state index in [4.69, 9.17) is 5.73 Å². The van der Waals surface area contributed by atoms with Crippen molar-refractivity contribution in [3.8, 4) is 0 Å². The van der Waals surface area contributed by atoms with E-state index in [0.717, 1.165) is 5.56 Å². The Morgan fingerprint density at radius 1 is 1.36 bits per heavy atom. The van der Waals surface area contributed by atoms with Gasteiger partial charge in [0.15, 0.2) is 5.76 Å². The third kappa shape index (κ3) is 2.99. The molecule has 0 atom stereocenters. The summed E-state index contributed by atoms with van der Waals surface area (Å²) >= 11 is 0. The molecule has 1 aromatic carbocycles. The van der Waals surface area contributed by atoms with Crippen LogP contribution in [-0.4, -0.2) is 5.91 Å². The molecule has 0 radical (unpaired) electrons. The van der Waals surface area contributed by atoms with Crippen LogP contribution >= 0.6 is 8.69 Å². The number of rotatable bonds is 4. The molecule has 14 heavy (non-hydrogen) atoms. The van der Waals surface area contributed by atoms with Crippen LogP contribution in [0.3, 0.4) is 0 Å². The average Bonchev–Trinajstić information content (AvgIpc) is 2.18. The fourth-order valence-corrected chi connectivity index (χ4v) is 1.11. The van der Waals surface area contributed by atoms with Gasteiger partial charge in [0.05, 0.1) is 0 Å². The highest BCUT2D eigenvalue weighted by molar-refractivity contribution is 7.17. The van der Waals surface area contributed by atoms with E-state index in [1.165, 1.54) is 6.08 Å². The maximum absolute atomic E-state index is 10.8. The average molecular weight is 209 g/mol. The van der Waals surface area contributed by atoms with E-state index in [2.05, 4.69) is 4.52 Å². The number of benzene rings is 1. The lowest BCUT2D eigenvalue weighted by Gasteiger charge is -1.98. The van der Waals surface area contributed by atoms with Crippen molar-refractivity contribution >= 4 is 20.7 Å². The zero-order valence-electron chi connectivity index (χ0n) is 7.21. The van der Waals surface area contributed by atoms with Crippen LogP contribution in [0.5, 0.6) is 0 Å². The van der Waals surface area contributed by atoms with Crippen molar-refractivity contribution in [1.29, 1.82) is 0 Å². The van der Waals surface area contributed by atoms with E-state index in [9.17, 15) is 9.36 Å². The van der Waals surface area contributed by atoms with Crippen molar-refractivity contribution in [1.82, 2.24) is 0 Å². The Morgan fingerprint density at radius 2 is 2.00 bits per heavy atom. The van der Waals surface area contributed by atoms with E-state index >= 15 is 0 Å². The molecule has 0 saturated heterocycles. The quantitative estimate of drug-likeness (QED) is 0.466. The van der Waals surface area contributed by atoms with E-state index in [1.807, 2.05) is 6.07 Å². The molecule has 72 valence electrons. The third-order valence-electron chi connectivity index (χ3n) is 1.48. The van der Waals surface area contributed by atoms with Gasteiger partial charge in [0.25, 0.3) is 5.91 Å². The Kier molecular flexibility index (Phi) is 3.83. The fourth-order valence-electron chi connectivity index (χ4n) is 0.883. The molecule has 4 nitrogen and oxygen atoms in total. The van der Waals surface area contributed by atoms with Crippen LogP contribution in [0.1, 0.15) is 5.56 Å². The van der Waals surface area contributed by atoms with Gasteiger partial charge < -0.3 is 10.3 Å². The molecule has 0 aromatic heterocycles. The largest absolute Gasteiger partial charge is 0.402 e. The highest BCUT2D eigenvalue weighted by Gasteiger charge is 2.05. The molecule has 0 aliphatic carbocycles. The van der Waals surface area contributed by atoms with Gasteiger partial charge in [-0.2, -0.15) is 0 Å². The van der Waals surface area contributed by atoms with Gasteiger partial charge >= 0.3 is 8.69 Å². The van der Waals surface area contributed by atoms with E-state index < -0.39 is 14.6 Å². The maximum atomic E-state index is 10.8. The molecule has 2 N–H and O–H groups in total. The minimum absolute atomic E-state index is 0.132. The number of primary amides is 1. The summed E-state index contributed by atoms with van der Waals surface area (Å²) in [5.41, 5.74) is 5.75. The predicted molar refractivity (Wildman–Crippen MR) is 52.3 cm³/mol. The Morgan fingerprint density at radius 3 is 2.50 bits per heavy atom. The minimum Gasteiger partial charge on any atom is -0.402 e. The Hall–Kier alpha value is -1.67. The zero-order chi connectivity index (χ0) is 10.4. The Balaban J connectivity index is 2.93. The summed E-state index contributed by atoms with van der Waals surface area (Å²) in [7, 11) is -0.599. The van der Waals surface area contributed by atoms with Crippen LogP contribution in [0.15, 0.2) is 36.1 Å². The lowest BCUT2D eigenvalue weighted by atomic mass is 10.2. The van der Waals surface area contributed by atoms with E-state index in [1.54, 1.807) is 24.3 Å². The van der Waals surface area contributed by atoms with Gasteiger partial charge in [-0.25, -0.2) is 4.57 Å². The molecule has 0 saturated carbocycles. The van der Waals surface area contributed by atoms with Gasteiger partial charge in [-0.1, -0.05) is 30.3 Å². The number of nitrogens with two attached hydrogens (primary N) is 1. The minimum atomic E-state index is -0.753. The second-order valence-electron chi connectivity index (χ2n) is 2.45. The Bertz CT molecular complexity index is 362. The smallest absolute Gasteiger partial charge is 0.396 e. The molecule has 0 aliphatic heterocycles. The molecule has 1 rings (SSSR count). The predicted octanol–water partition coefficient (Wildman–Crippen LogP) is 1.74. The molecular weight excluding hydrogens is 201 g/mol. The van der Waals surface area contributed by atoms with Gasteiger partial charge in [-0.15, -0.1) is 0 Å². The number of amides is 1. The van der Waals surface area contributed by atoms with Gasteiger partial charge in [0, 0.05) is 0 Å². The first-order valence-corrected chi connectivity index (χ1v) is 4.53. The first-order chi connectivity index (χ1) is 6.74. The summed E-state index contributed by atoms with van der Waals surface area (Å²) in [4.78, 5) is 10.8. The molecule has 0 aliphatic rings. The van der Waals surface area contributed by atoms with Crippen molar-refractivity contribution in [2.24, 2.45) is 5.73 Å². The lowest BCUT2D eigenvalue weighted by molar-refractivity contribution is -0.116. The van der Waals surface area contributed by atoms with Crippen molar-refractivity contribution in [2.75, 3.05) is 0 Å². The monoisotopic (exact) mass is 209 g/mol. The summed E-state index contributed by atoms with van der Waals surface area (Å²) in [6.45, 7) is 0. The van der Waals surface area contributed by atoms with Crippen LogP contribution in [0, 0.1) is 0 Å². The van der Waals surface area contributed by atoms with Gasteiger partial charge in [0.1, 0.15) is 0 Å². The SMILES string of the molecule is NC(=O)C(=Cc1ccccc1)OP=O. The van der Waals surface area contributed by atoms with Crippen LogP contribution in [0.4, 0.5) is 0 Å². The van der Waals surface area contributed by atoms with Crippen molar-refractivity contribution in [3.05, 3.63) is 41.7 Å². The topological polar surface area (TPSA) is 69.4 Å². The second-order valence-corrected chi connectivity index (χ2v) is 2.78. The molecule has 5 heteroatoms. The van der Waals surface area contributed by atoms with Gasteiger partial charge in [-0.3, -0.25) is 4.79 Å². The summed E-state index contributed by atoms with van der Waals surface area (Å²) in [5.74, 6) is -0.884. The third-order valence-corrected chi connectivity index (χ3v) is 1.75. The van der Waals surface area contributed by atoms with E-state index in [0.29, 0.717) is 0 Å². The van der Waals surface area contributed by atoms with Crippen LogP contribution in [0.2, 0.25) is 0 Å². The van der Waals surface area contributed by atoms with E-state index in [-0.39, 0.29) is 5.76 Å². The standard InChI is InChI=1S/C9H8NO3P/c10-9(11)8(13-14-12)6-7-4-2-1-3-5-7/h1-6H,(H2,10,11). The number of carbonyl (C=O) groups excluding carboxylic acids is 1. The molecule has 0 bridgehead atoms. The Labute approximate surface area is 82.7 Å². The summed E-state index contributed by atoms with van der Waals surface area (Å²) in [6, 6.07) is 8.99. The number of carbonyl (C=O) groups is 1. The molecule has 0 unspecified atom stereocenters. The van der Waals surface area contributed by atoms with Gasteiger partial charge in [-0.05, 0) is 11.6 Å². The number of hydrogen-bond acceptors (Lipinski definition) is 3. The van der Waals surface area contributed by atoms with Gasteiger partial charge in [0.2, 0.25) is 0 Å². The highest BCUT2D eigenvalue weighted by Crippen LogP contribution is 2.11. The molecule has 1 aromatic rings. The van der Waals surface area contributed by atoms with Crippen LogP contribution < -0.4 is 5.73 Å². The zero-order valence-corrected chi connectivity index (χ0v) is 8.11. The molecule has 0 spiro atoms. The van der Waals surface area contributed by atoms with Crippen molar-refractivity contribution < 1.29 is 13.9 Å². The maximum Gasteiger partial charge on any atom is 0.396 e. The first-order valence-electron chi connectivity index (χ1n) is 3.80. The molecule has 0 heterocycles. The normalized spacial score (nSPS) is 11.3.